The molecule has 0 N–H and O–H groups in total. The summed E-state index contributed by atoms with van der Waals surface area (Å²) in [6, 6.07) is 5.93. The first-order chi connectivity index (χ1) is 10.2. The molecule has 0 saturated carbocycles. The molecular weight excluding hydrogens is 266 g/mol. The first-order valence-electron chi connectivity index (χ1n) is 7.32. The van der Waals surface area contributed by atoms with Gasteiger partial charge in [0.2, 0.25) is 0 Å². The molecule has 1 aromatic heterocycles. The summed E-state index contributed by atoms with van der Waals surface area (Å²) in [7, 11) is 3.38. The number of benzene rings is 1. The number of hydrogen-bond acceptors (Lipinski definition) is 4. The van der Waals surface area contributed by atoms with Crippen molar-refractivity contribution in [1.82, 2.24) is 15.0 Å². The van der Waals surface area contributed by atoms with E-state index in [1.807, 2.05) is 23.0 Å². The summed E-state index contributed by atoms with van der Waals surface area (Å²) >= 11 is 0. The average molecular weight is 289 g/mol. The summed E-state index contributed by atoms with van der Waals surface area (Å²) < 4.78 is 12.7. The number of nitrogens with zero attached hydrogens (tertiary/aromatic N) is 3. The maximum absolute atomic E-state index is 5.49. The van der Waals surface area contributed by atoms with Gasteiger partial charge in [-0.3, -0.25) is 4.68 Å². The van der Waals surface area contributed by atoms with Crippen molar-refractivity contribution in [2.24, 2.45) is 0 Å². The van der Waals surface area contributed by atoms with Crippen LogP contribution in [0.3, 0.4) is 0 Å². The summed E-state index contributed by atoms with van der Waals surface area (Å²) in [5.74, 6) is 2.07. The van der Waals surface area contributed by atoms with Crippen molar-refractivity contribution in [3.05, 3.63) is 35.7 Å². The van der Waals surface area contributed by atoms with E-state index < -0.39 is 0 Å². The second kappa shape index (κ2) is 7.11. The molecule has 1 heterocycles. The molecule has 21 heavy (non-hydrogen) atoms. The lowest BCUT2D eigenvalue weighted by Crippen LogP contribution is -2.05. The minimum absolute atomic E-state index is 0.331. The van der Waals surface area contributed by atoms with Crippen molar-refractivity contribution in [1.29, 1.82) is 0 Å². The van der Waals surface area contributed by atoms with E-state index >= 15 is 0 Å². The van der Waals surface area contributed by atoms with Gasteiger partial charge in [0.1, 0.15) is 11.5 Å². The number of ether oxygens (including phenoxy) is 2. The van der Waals surface area contributed by atoms with E-state index in [2.05, 4.69) is 30.2 Å². The highest BCUT2D eigenvalue weighted by atomic mass is 16.5. The van der Waals surface area contributed by atoms with Crippen LogP contribution < -0.4 is 9.47 Å². The molecule has 1 unspecified atom stereocenters. The first kappa shape index (κ1) is 15.4. The molecule has 5 heteroatoms. The molecule has 0 aliphatic rings. The van der Waals surface area contributed by atoms with Gasteiger partial charge in [0.25, 0.3) is 0 Å². The standard InChI is InChI=1S/C16H23N3O2/c1-5-12(9-13-11-19(6-2)18-17-13)15-10-14(20-3)7-8-16(15)21-4/h7-8,10-12H,5-6,9H2,1-4H3. The SMILES string of the molecule is CCC(Cc1cn(CC)nn1)c1cc(OC)ccc1OC. The summed E-state index contributed by atoms with van der Waals surface area (Å²) in [4.78, 5) is 0. The quantitative estimate of drug-likeness (QED) is 0.786. The second-order valence-electron chi connectivity index (χ2n) is 4.98. The maximum Gasteiger partial charge on any atom is 0.122 e. The third-order valence-electron chi connectivity index (χ3n) is 3.74. The minimum Gasteiger partial charge on any atom is -0.497 e. The van der Waals surface area contributed by atoms with Gasteiger partial charge in [0.05, 0.1) is 19.9 Å². The Hall–Kier alpha value is -2.04. The van der Waals surface area contributed by atoms with Crippen molar-refractivity contribution in [2.75, 3.05) is 14.2 Å². The van der Waals surface area contributed by atoms with Crippen LogP contribution in [0.25, 0.3) is 0 Å². The highest BCUT2D eigenvalue weighted by Crippen LogP contribution is 2.34. The lowest BCUT2D eigenvalue weighted by molar-refractivity contribution is 0.393. The fourth-order valence-electron chi connectivity index (χ4n) is 2.47. The second-order valence-corrected chi connectivity index (χ2v) is 4.98. The molecule has 0 radical (unpaired) electrons. The van der Waals surface area contributed by atoms with Crippen molar-refractivity contribution >= 4 is 0 Å². The molecule has 2 aromatic rings. The molecule has 1 atom stereocenters. The van der Waals surface area contributed by atoms with Crippen molar-refractivity contribution < 1.29 is 9.47 Å². The third-order valence-corrected chi connectivity index (χ3v) is 3.74. The molecule has 5 nitrogen and oxygen atoms in total. The van der Waals surface area contributed by atoms with Gasteiger partial charge in [0.15, 0.2) is 0 Å². The molecule has 0 aliphatic heterocycles. The van der Waals surface area contributed by atoms with E-state index in [1.165, 1.54) is 0 Å². The lowest BCUT2D eigenvalue weighted by atomic mass is 9.91. The van der Waals surface area contributed by atoms with Gasteiger partial charge in [-0.1, -0.05) is 12.1 Å². The number of aromatic nitrogens is 3. The van der Waals surface area contributed by atoms with Gasteiger partial charge < -0.3 is 9.47 Å². The monoisotopic (exact) mass is 289 g/mol. The zero-order valence-corrected chi connectivity index (χ0v) is 13.2. The predicted octanol–water partition coefficient (Wildman–Crippen LogP) is 3.05. The zero-order valence-electron chi connectivity index (χ0n) is 13.2. The average Bonchev–Trinajstić information content (AvgIpc) is 2.99. The Morgan fingerprint density at radius 1 is 1.19 bits per heavy atom. The van der Waals surface area contributed by atoms with Crippen LogP contribution in [0.2, 0.25) is 0 Å². The van der Waals surface area contributed by atoms with E-state index in [0.717, 1.165) is 42.1 Å². The Labute approximate surface area is 125 Å². The Kier molecular flexibility index (Phi) is 5.20. The highest BCUT2D eigenvalue weighted by Gasteiger charge is 2.17. The molecular formula is C16H23N3O2. The number of aryl methyl sites for hydroxylation is 1. The van der Waals surface area contributed by atoms with Crippen molar-refractivity contribution in [2.45, 2.75) is 39.2 Å². The van der Waals surface area contributed by atoms with Crippen molar-refractivity contribution in [3.8, 4) is 11.5 Å². The Morgan fingerprint density at radius 2 is 2.00 bits per heavy atom. The van der Waals surface area contributed by atoms with Crippen LogP contribution in [-0.4, -0.2) is 29.2 Å². The van der Waals surface area contributed by atoms with Crippen LogP contribution in [-0.2, 0) is 13.0 Å². The third kappa shape index (κ3) is 3.54. The summed E-state index contributed by atoms with van der Waals surface area (Å²) in [5.41, 5.74) is 2.17. The summed E-state index contributed by atoms with van der Waals surface area (Å²) in [5, 5.41) is 8.34. The van der Waals surface area contributed by atoms with E-state index in [-0.39, 0.29) is 0 Å². The van der Waals surface area contributed by atoms with Gasteiger partial charge in [-0.15, -0.1) is 5.10 Å². The molecule has 0 amide bonds. The lowest BCUT2D eigenvalue weighted by Gasteiger charge is -2.18. The minimum atomic E-state index is 0.331. The molecule has 114 valence electrons. The summed E-state index contributed by atoms with van der Waals surface area (Å²) in [6.45, 7) is 5.07. The molecule has 0 bridgehead atoms. The van der Waals surface area contributed by atoms with E-state index in [4.69, 9.17) is 9.47 Å². The predicted molar refractivity (Wildman–Crippen MR) is 82.0 cm³/mol. The summed E-state index contributed by atoms with van der Waals surface area (Å²) in [6.07, 6.45) is 3.86. The van der Waals surface area contributed by atoms with Crippen LogP contribution in [0.15, 0.2) is 24.4 Å². The fraction of sp³-hybridized carbons (Fsp3) is 0.500. The van der Waals surface area contributed by atoms with Gasteiger partial charge >= 0.3 is 0 Å². The largest absolute Gasteiger partial charge is 0.497 e. The molecule has 0 spiro atoms. The molecule has 2 rings (SSSR count). The first-order valence-corrected chi connectivity index (χ1v) is 7.32. The van der Waals surface area contributed by atoms with E-state index in [0.29, 0.717) is 5.92 Å². The number of methoxy groups -OCH3 is 2. The molecule has 0 aliphatic carbocycles. The van der Waals surface area contributed by atoms with Crippen LogP contribution in [0.4, 0.5) is 0 Å². The van der Waals surface area contributed by atoms with Crippen LogP contribution in [0.5, 0.6) is 11.5 Å². The van der Waals surface area contributed by atoms with Crippen LogP contribution >= 0.6 is 0 Å². The number of rotatable bonds is 7. The fourth-order valence-corrected chi connectivity index (χ4v) is 2.47. The Morgan fingerprint density at radius 3 is 2.57 bits per heavy atom. The number of hydrogen-bond donors (Lipinski definition) is 0. The smallest absolute Gasteiger partial charge is 0.122 e. The topological polar surface area (TPSA) is 49.2 Å². The highest BCUT2D eigenvalue weighted by molar-refractivity contribution is 5.42. The van der Waals surface area contributed by atoms with Crippen molar-refractivity contribution in [3.63, 3.8) is 0 Å². The Bertz CT molecular complexity index is 581. The van der Waals surface area contributed by atoms with Gasteiger partial charge in [-0.25, -0.2) is 0 Å². The van der Waals surface area contributed by atoms with E-state index in [1.54, 1.807) is 14.2 Å². The Balaban J connectivity index is 2.27. The van der Waals surface area contributed by atoms with Crippen LogP contribution in [0.1, 0.15) is 37.4 Å². The maximum atomic E-state index is 5.49. The van der Waals surface area contributed by atoms with Gasteiger partial charge in [-0.05, 0) is 37.5 Å². The molecule has 0 fully saturated rings. The van der Waals surface area contributed by atoms with E-state index in [9.17, 15) is 0 Å². The van der Waals surface area contributed by atoms with Gasteiger partial charge in [0, 0.05) is 24.7 Å². The van der Waals surface area contributed by atoms with Gasteiger partial charge in [-0.2, -0.15) is 0 Å². The van der Waals surface area contributed by atoms with Crippen LogP contribution in [0, 0.1) is 0 Å². The zero-order chi connectivity index (χ0) is 15.2. The molecule has 0 saturated heterocycles. The molecule has 1 aromatic carbocycles. The normalized spacial score (nSPS) is 12.2.